The normalized spacial score (nSPS) is 34.2. The molecule has 10 nitrogen and oxygen atoms in total. The van der Waals surface area contributed by atoms with Gasteiger partial charge < -0.3 is 29.2 Å². The molecule has 0 aromatic heterocycles. The first-order chi connectivity index (χ1) is 19.9. The fraction of sp³-hybridized carbons (Fsp3) is 0.576. The Balaban J connectivity index is 2.21. The van der Waals surface area contributed by atoms with E-state index in [-0.39, 0.29) is 30.1 Å². The third-order valence-electron chi connectivity index (χ3n) is 8.38. The van der Waals surface area contributed by atoms with Crippen LogP contribution in [0, 0.1) is 23.2 Å². The van der Waals surface area contributed by atoms with Gasteiger partial charge in [0.25, 0.3) is 0 Å². The monoisotopic (exact) mass is 600 g/mol. The van der Waals surface area contributed by atoms with Crippen LogP contribution in [0.3, 0.4) is 0 Å². The van der Waals surface area contributed by atoms with Crippen LogP contribution >= 0.6 is 0 Å². The molecule has 0 spiro atoms. The summed E-state index contributed by atoms with van der Waals surface area (Å²) in [5.41, 5.74) is -1.74. The van der Waals surface area contributed by atoms with E-state index in [2.05, 4.69) is 0 Å². The van der Waals surface area contributed by atoms with Gasteiger partial charge in [-0.3, -0.25) is 14.4 Å². The van der Waals surface area contributed by atoms with E-state index in [0.717, 1.165) is 0 Å². The highest BCUT2D eigenvalue weighted by Gasteiger charge is 2.58. The fourth-order valence-corrected chi connectivity index (χ4v) is 6.23. The van der Waals surface area contributed by atoms with Crippen LogP contribution < -0.4 is 0 Å². The summed E-state index contributed by atoms with van der Waals surface area (Å²) >= 11 is 0. The number of fused-ring (bicyclic) bond motifs is 1. The van der Waals surface area contributed by atoms with E-state index in [1.165, 1.54) is 45.0 Å². The molecular formula is C33H44O10. The van der Waals surface area contributed by atoms with Crippen LogP contribution in [0.1, 0.15) is 78.6 Å². The zero-order chi connectivity index (χ0) is 32.3. The molecule has 2 N–H and O–H groups in total. The van der Waals surface area contributed by atoms with E-state index >= 15 is 0 Å². The first kappa shape index (κ1) is 33.8. The Bertz CT molecular complexity index is 1280. The van der Waals surface area contributed by atoms with Gasteiger partial charge in [-0.15, -0.1) is 0 Å². The summed E-state index contributed by atoms with van der Waals surface area (Å²) in [5, 5.41) is 22.4. The van der Waals surface area contributed by atoms with Gasteiger partial charge in [0.05, 0.1) is 5.56 Å². The van der Waals surface area contributed by atoms with Gasteiger partial charge >= 0.3 is 23.9 Å². The molecular weight excluding hydrogens is 556 g/mol. The van der Waals surface area contributed by atoms with E-state index in [4.69, 9.17) is 18.9 Å². The summed E-state index contributed by atoms with van der Waals surface area (Å²) in [6.07, 6.45) is 2.18. The van der Waals surface area contributed by atoms with Gasteiger partial charge in [-0.1, -0.05) is 52.0 Å². The maximum Gasteiger partial charge on any atom is 0.338 e. The molecule has 0 saturated heterocycles. The lowest BCUT2D eigenvalue weighted by atomic mass is 9.75. The molecule has 0 heterocycles. The number of hydrogen-bond donors (Lipinski definition) is 2. The maximum absolute atomic E-state index is 13.2. The largest absolute Gasteiger partial charge is 0.508 e. The average molecular weight is 601 g/mol. The maximum atomic E-state index is 13.2. The minimum Gasteiger partial charge on any atom is -0.508 e. The molecule has 1 saturated carbocycles. The second-order valence-electron chi connectivity index (χ2n) is 12.5. The molecule has 10 heteroatoms. The molecule has 0 bridgehead atoms. The number of phenols is 1. The molecule has 1 aromatic carbocycles. The van der Waals surface area contributed by atoms with Crippen molar-refractivity contribution < 1.29 is 48.3 Å². The first-order valence-corrected chi connectivity index (χ1v) is 14.6. The standard InChI is InChI=1S/C33H44O10/c1-18-12-13-32(7,8)28(41-22(5)35)16-27(40-21(4)34)19(2)14-26-29(43-31(38)24-10-9-11-25(37)15-24)20(3)17-33(26,39)30(18)42-23(6)36/h9-15,18,20,26-30,37,39H,16-17H2,1-8H3/b13-12+,19-14+/t18-,20-,26-,27+,28+,29-,30-,33+/m0/s1. The topological polar surface area (TPSA) is 146 Å². The Labute approximate surface area is 253 Å². The molecule has 236 valence electrons. The second kappa shape index (κ2) is 13.3. The number of carbonyl (C=O) groups is 4. The smallest absolute Gasteiger partial charge is 0.338 e. The van der Waals surface area contributed by atoms with Crippen molar-refractivity contribution in [3.63, 3.8) is 0 Å². The molecule has 0 unspecified atom stereocenters. The Kier molecular flexibility index (Phi) is 10.5. The molecule has 0 amide bonds. The number of benzene rings is 1. The van der Waals surface area contributed by atoms with E-state index in [0.29, 0.717) is 5.57 Å². The van der Waals surface area contributed by atoms with Crippen molar-refractivity contribution in [2.75, 3.05) is 0 Å². The van der Waals surface area contributed by atoms with Gasteiger partial charge in [-0.2, -0.15) is 0 Å². The molecule has 0 aliphatic heterocycles. The molecule has 0 radical (unpaired) electrons. The lowest BCUT2D eigenvalue weighted by molar-refractivity contribution is -0.173. The number of aliphatic hydroxyl groups is 1. The highest BCUT2D eigenvalue weighted by atomic mass is 16.6. The molecule has 43 heavy (non-hydrogen) atoms. The van der Waals surface area contributed by atoms with Crippen LogP contribution in [0.5, 0.6) is 5.75 Å². The Hall–Kier alpha value is -3.66. The third-order valence-corrected chi connectivity index (χ3v) is 8.38. The van der Waals surface area contributed by atoms with E-state index < -0.39 is 71.1 Å². The fourth-order valence-electron chi connectivity index (χ4n) is 6.23. The summed E-state index contributed by atoms with van der Waals surface area (Å²) in [4.78, 5) is 49.9. The number of phenolic OH excluding ortho intramolecular Hbond substituents is 1. The Morgan fingerprint density at radius 2 is 1.56 bits per heavy atom. The van der Waals surface area contributed by atoms with Gasteiger partial charge in [0.1, 0.15) is 35.8 Å². The van der Waals surface area contributed by atoms with Gasteiger partial charge in [0.2, 0.25) is 0 Å². The Morgan fingerprint density at radius 1 is 0.930 bits per heavy atom. The van der Waals surface area contributed by atoms with E-state index in [9.17, 15) is 29.4 Å². The van der Waals surface area contributed by atoms with Crippen LogP contribution in [0.4, 0.5) is 0 Å². The van der Waals surface area contributed by atoms with Crippen LogP contribution in [-0.4, -0.2) is 64.1 Å². The van der Waals surface area contributed by atoms with Crippen LogP contribution in [-0.2, 0) is 33.3 Å². The summed E-state index contributed by atoms with van der Waals surface area (Å²) in [5.74, 6) is -4.19. The highest BCUT2D eigenvalue weighted by molar-refractivity contribution is 5.90. The molecule has 1 fully saturated rings. The molecule has 8 atom stereocenters. The van der Waals surface area contributed by atoms with Crippen molar-refractivity contribution in [2.45, 2.75) is 98.2 Å². The summed E-state index contributed by atoms with van der Waals surface area (Å²) in [7, 11) is 0. The quantitative estimate of drug-likeness (QED) is 0.278. The summed E-state index contributed by atoms with van der Waals surface area (Å²) < 4.78 is 23.2. The number of carbonyl (C=O) groups excluding carboxylic acids is 4. The van der Waals surface area contributed by atoms with Crippen LogP contribution in [0.25, 0.3) is 0 Å². The van der Waals surface area contributed by atoms with Crippen molar-refractivity contribution >= 4 is 23.9 Å². The number of aromatic hydroxyl groups is 1. The zero-order valence-electron chi connectivity index (χ0n) is 26.2. The lowest BCUT2D eigenvalue weighted by Crippen LogP contribution is -2.52. The van der Waals surface area contributed by atoms with Crippen LogP contribution in [0.2, 0.25) is 0 Å². The van der Waals surface area contributed by atoms with E-state index in [1.807, 2.05) is 39.8 Å². The number of rotatable bonds is 5. The van der Waals surface area contributed by atoms with Crippen LogP contribution in [0.15, 0.2) is 48.1 Å². The van der Waals surface area contributed by atoms with Crippen molar-refractivity contribution in [3.05, 3.63) is 53.6 Å². The zero-order valence-corrected chi connectivity index (χ0v) is 26.2. The SMILES string of the molecule is CC(=O)O[C@@H]1C[C@@H](OC(C)=O)C(C)(C)/C=C/[C@H](C)[C@H](OC(C)=O)[C@@]2(O)C[C@H](C)[C@H](OC(=O)c3cccc(O)c3)[C@@H]2/C=C/1C. The van der Waals surface area contributed by atoms with Gasteiger partial charge in [0.15, 0.2) is 0 Å². The minimum absolute atomic E-state index is 0.0998. The molecule has 2 aliphatic carbocycles. The molecule has 3 rings (SSSR count). The number of hydrogen-bond acceptors (Lipinski definition) is 10. The van der Waals surface area contributed by atoms with Crippen molar-refractivity contribution in [1.82, 2.24) is 0 Å². The summed E-state index contributed by atoms with van der Waals surface area (Å²) in [6.45, 7) is 13.0. The summed E-state index contributed by atoms with van der Waals surface area (Å²) in [6, 6.07) is 5.76. The first-order valence-electron chi connectivity index (χ1n) is 14.6. The van der Waals surface area contributed by atoms with Gasteiger partial charge in [-0.25, -0.2) is 4.79 Å². The van der Waals surface area contributed by atoms with E-state index in [1.54, 1.807) is 13.0 Å². The predicted molar refractivity (Wildman–Crippen MR) is 157 cm³/mol. The van der Waals surface area contributed by atoms with Gasteiger partial charge in [-0.05, 0) is 43.0 Å². The van der Waals surface area contributed by atoms with Crippen molar-refractivity contribution in [2.24, 2.45) is 23.2 Å². The predicted octanol–water partition coefficient (Wildman–Crippen LogP) is 4.67. The van der Waals surface area contributed by atoms with Crippen molar-refractivity contribution in [3.8, 4) is 5.75 Å². The lowest BCUT2D eigenvalue weighted by Gasteiger charge is -2.41. The average Bonchev–Trinajstić information content (AvgIpc) is 3.12. The minimum atomic E-state index is -1.68. The third kappa shape index (κ3) is 8.04. The number of ether oxygens (including phenoxy) is 4. The molecule has 2 aliphatic rings. The highest BCUT2D eigenvalue weighted by Crippen LogP contribution is 2.49. The number of esters is 4. The van der Waals surface area contributed by atoms with Crippen molar-refractivity contribution in [1.29, 1.82) is 0 Å². The second-order valence-corrected chi connectivity index (χ2v) is 12.5. The Morgan fingerprint density at radius 3 is 2.14 bits per heavy atom. The molecule has 1 aromatic rings. The van der Waals surface area contributed by atoms with Gasteiger partial charge in [0, 0.05) is 44.4 Å².